The number of hydrogen-bond acceptors (Lipinski definition) is 2. The minimum Gasteiger partial charge on any atom is -0.251 e. The Morgan fingerprint density at radius 1 is 1.58 bits per heavy atom. The Morgan fingerprint density at radius 3 is 2.75 bits per heavy atom. The molecule has 2 nitrogen and oxygen atoms in total. The van der Waals surface area contributed by atoms with E-state index in [9.17, 15) is 0 Å². The van der Waals surface area contributed by atoms with Gasteiger partial charge in [-0.1, -0.05) is 25.5 Å². The molecule has 0 spiro atoms. The normalized spacial score (nSPS) is 23.9. The van der Waals surface area contributed by atoms with Crippen LogP contribution in [0.4, 0.5) is 0 Å². The molecule has 0 fully saturated rings. The standard InChI is InChI=1S/C10H16O2/c1-7(2)9-5-4-8(3)10(6-9)12-11/h4,6-7,10-11H,5H2,1-3H3. The Hall–Kier alpha value is -0.600. The van der Waals surface area contributed by atoms with Crippen LogP contribution >= 0.6 is 0 Å². The van der Waals surface area contributed by atoms with Crippen molar-refractivity contribution in [2.24, 2.45) is 5.92 Å². The van der Waals surface area contributed by atoms with Gasteiger partial charge in [0.2, 0.25) is 0 Å². The van der Waals surface area contributed by atoms with Gasteiger partial charge in [-0.2, -0.15) is 0 Å². The van der Waals surface area contributed by atoms with E-state index in [1.807, 2.05) is 13.0 Å². The van der Waals surface area contributed by atoms with Crippen LogP contribution in [0.15, 0.2) is 23.3 Å². The van der Waals surface area contributed by atoms with Crippen molar-refractivity contribution in [1.82, 2.24) is 0 Å². The van der Waals surface area contributed by atoms with Gasteiger partial charge in [0, 0.05) is 0 Å². The smallest absolute Gasteiger partial charge is 0.132 e. The Morgan fingerprint density at radius 2 is 2.25 bits per heavy atom. The minimum absolute atomic E-state index is 0.226. The number of allylic oxidation sites excluding steroid dienone is 2. The predicted molar refractivity (Wildman–Crippen MR) is 48.8 cm³/mol. The van der Waals surface area contributed by atoms with Crippen LogP contribution in [0.1, 0.15) is 27.2 Å². The van der Waals surface area contributed by atoms with Crippen LogP contribution in [0.3, 0.4) is 0 Å². The van der Waals surface area contributed by atoms with Crippen LogP contribution in [0.2, 0.25) is 0 Å². The Kier molecular flexibility index (Phi) is 3.06. The summed E-state index contributed by atoms with van der Waals surface area (Å²) in [4.78, 5) is 4.34. The molecule has 0 aromatic heterocycles. The van der Waals surface area contributed by atoms with Gasteiger partial charge in [0.25, 0.3) is 0 Å². The highest BCUT2D eigenvalue weighted by Crippen LogP contribution is 2.24. The van der Waals surface area contributed by atoms with Gasteiger partial charge < -0.3 is 0 Å². The lowest BCUT2D eigenvalue weighted by atomic mass is 9.91. The van der Waals surface area contributed by atoms with Crippen molar-refractivity contribution in [3.8, 4) is 0 Å². The van der Waals surface area contributed by atoms with E-state index in [4.69, 9.17) is 5.26 Å². The summed E-state index contributed by atoms with van der Waals surface area (Å²) in [5.74, 6) is 0.534. The maximum Gasteiger partial charge on any atom is 0.132 e. The van der Waals surface area contributed by atoms with E-state index >= 15 is 0 Å². The van der Waals surface area contributed by atoms with Crippen molar-refractivity contribution in [2.45, 2.75) is 33.3 Å². The zero-order valence-corrected chi connectivity index (χ0v) is 7.87. The summed E-state index contributed by atoms with van der Waals surface area (Å²) in [5, 5.41) is 8.58. The van der Waals surface area contributed by atoms with Crippen molar-refractivity contribution >= 4 is 0 Å². The molecule has 1 aliphatic rings. The lowest BCUT2D eigenvalue weighted by Gasteiger charge is -2.20. The molecule has 0 saturated heterocycles. The van der Waals surface area contributed by atoms with Crippen molar-refractivity contribution in [1.29, 1.82) is 0 Å². The second-order valence-corrected chi connectivity index (χ2v) is 3.57. The van der Waals surface area contributed by atoms with Crippen LogP contribution in [0, 0.1) is 5.92 Å². The summed E-state index contributed by atoms with van der Waals surface area (Å²) in [6, 6.07) is 0. The van der Waals surface area contributed by atoms with Crippen LogP contribution in [-0.4, -0.2) is 11.4 Å². The molecule has 0 radical (unpaired) electrons. The summed E-state index contributed by atoms with van der Waals surface area (Å²) in [6.07, 6.45) is 4.87. The molecule has 1 unspecified atom stereocenters. The molecule has 0 heterocycles. The molecular weight excluding hydrogens is 152 g/mol. The first kappa shape index (κ1) is 9.49. The van der Waals surface area contributed by atoms with E-state index in [1.165, 1.54) is 5.57 Å². The second kappa shape index (κ2) is 3.87. The van der Waals surface area contributed by atoms with Gasteiger partial charge in [-0.05, 0) is 30.9 Å². The molecule has 1 aliphatic carbocycles. The average Bonchev–Trinajstić information content (AvgIpc) is 2.05. The number of hydrogen-bond donors (Lipinski definition) is 1. The maximum absolute atomic E-state index is 8.58. The molecule has 1 rings (SSSR count). The van der Waals surface area contributed by atoms with Crippen molar-refractivity contribution in [3.05, 3.63) is 23.3 Å². The van der Waals surface area contributed by atoms with E-state index in [0.29, 0.717) is 5.92 Å². The van der Waals surface area contributed by atoms with Gasteiger partial charge in [0.15, 0.2) is 0 Å². The first-order chi connectivity index (χ1) is 5.65. The van der Waals surface area contributed by atoms with E-state index in [0.717, 1.165) is 12.0 Å². The summed E-state index contributed by atoms with van der Waals surface area (Å²) in [6.45, 7) is 6.26. The molecule has 12 heavy (non-hydrogen) atoms. The highest BCUT2D eigenvalue weighted by atomic mass is 17.1. The van der Waals surface area contributed by atoms with E-state index in [1.54, 1.807) is 0 Å². The van der Waals surface area contributed by atoms with Crippen LogP contribution in [0.25, 0.3) is 0 Å². The van der Waals surface area contributed by atoms with E-state index < -0.39 is 0 Å². The molecule has 68 valence electrons. The van der Waals surface area contributed by atoms with Crippen molar-refractivity contribution < 1.29 is 10.1 Å². The Labute approximate surface area is 73.5 Å². The molecular formula is C10H16O2. The van der Waals surface area contributed by atoms with Gasteiger partial charge in [0.1, 0.15) is 6.10 Å². The van der Waals surface area contributed by atoms with Gasteiger partial charge >= 0.3 is 0 Å². The van der Waals surface area contributed by atoms with Crippen LogP contribution < -0.4 is 0 Å². The highest BCUT2D eigenvalue weighted by molar-refractivity contribution is 5.26. The summed E-state index contributed by atoms with van der Waals surface area (Å²) >= 11 is 0. The first-order valence-corrected chi connectivity index (χ1v) is 4.32. The molecule has 0 aliphatic heterocycles. The fraction of sp³-hybridized carbons (Fsp3) is 0.600. The fourth-order valence-electron chi connectivity index (χ4n) is 1.33. The zero-order chi connectivity index (χ0) is 9.14. The van der Waals surface area contributed by atoms with E-state index in [2.05, 4.69) is 24.8 Å². The second-order valence-electron chi connectivity index (χ2n) is 3.57. The van der Waals surface area contributed by atoms with Crippen LogP contribution in [-0.2, 0) is 4.89 Å². The Bertz CT molecular complexity index is 214. The fourth-order valence-corrected chi connectivity index (χ4v) is 1.33. The first-order valence-electron chi connectivity index (χ1n) is 4.32. The van der Waals surface area contributed by atoms with Gasteiger partial charge in [-0.3, -0.25) is 5.26 Å². The third-order valence-electron chi connectivity index (χ3n) is 2.33. The minimum atomic E-state index is -0.226. The lowest BCUT2D eigenvalue weighted by molar-refractivity contribution is -0.257. The lowest BCUT2D eigenvalue weighted by Crippen LogP contribution is -2.14. The van der Waals surface area contributed by atoms with Crippen LogP contribution in [0.5, 0.6) is 0 Å². The topological polar surface area (TPSA) is 29.5 Å². The molecule has 0 amide bonds. The monoisotopic (exact) mass is 168 g/mol. The molecule has 0 saturated carbocycles. The van der Waals surface area contributed by atoms with Gasteiger partial charge in [-0.15, -0.1) is 0 Å². The third kappa shape index (κ3) is 1.96. The molecule has 0 aromatic rings. The Balaban J connectivity index is 2.72. The summed E-state index contributed by atoms with van der Waals surface area (Å²) < 4.78 is 0. The molecule has 0 aromatic carbocycles. The van der Waals surface area contributed by atoms with E-state index in [-0.39, 0.29) is 6.10 Å². The highest BCUT2D eigenvalue weighted by Gasteiger charge is 2.15. The van der Waals surface area contributed by atoms with Crippen molar-refractivity contribution in [2.75, 3.05) is 0 Å². The predicted octanol–water partition coefficient (Wildman–Crippen LogP) is 2.78. The third-order valence-corrected chi connectivity index (χ3v) is 2.33. The molecule has 1 N–H and O–H groups in total. The molecule has 2 heteroatoms. The quantitative estimate of drug-likeness (QED) is 0.390. The van der Waals surface area contributed by atoms with Gasteiger partial charge in [0.05, 0.1) is 0 Å². The summed E-state index contributed by atoms with van der Waals surface area (Å²) in [5.41, 5.74) is 2.42. The SMILES string of the molecule is CC1=CCC(C(C)C)=CC1OO. The average molecular weight is 168 g/mol. The largest absolute Gasteiger partial charge is 0.251 e. The van der Waals surface area contributed by atoms with Gasteiger partial charge in [-0.25, -0.2) is 4.89 Å². The maximum atomic E-state index is 8.58. The summed E-state index contributed by atoms with van der Waals surface area (Å²) in [7, 11) is 0. The van der Waals surface area contributed by atoms with Crippen molar-refractivity contribution in [3.63, 3.8) is 0 Å². The number of rotatable bonds is 2. The molecule has 0 bridgehead atoms. The zero-order valence-electron chi connectivity index (χ0n) is 7.87. The molecule has 1 atom stereocenters.